The second kappa shape index (κ2) is 7.20. The van der Waals surface area contributed by atoms with E-state index in [4.69, 9.17) is 0 Å². The van der Waals surface area contributed by atoms with Crippen molar-refractivity contribution in [2.24, 2.45) is 13.0 Å². The number of carbonyl (C=O) groups is 1. The van der Waals surface area contributed by atoms with Crippen LogP contribution in [0.1, 0.15) is 32.4 Å². The van der Waals surface area contributed by atoms with Crippen LogP contribution in [0.15, 0.2) is 11.2 Å². The molecule has 0 bridgehead atoms. The van der Waals surface area contributed by atoms with Crippen LogP contribution >= 0.6 is 23.1 Å². The van der Waals surface area contributed by atoms with Crippen LogP contribution in [0.2, 0.25) is 0 Å². The molecule has 0 aliphatic carbocycles. The molecule has 1 aliphatic rings. The van der Waals surface area contributed by atoms with E-state index in [1.165, 1.54) is 11.8 Å². The fourth-order valence-corrected chi connectivity index (χ4v) is 6.67. The molecule has 1 aliphatic heterocycles. The first-order valence-electron chi connectivity index (χ1n) is 8.07. The van der Waals surface area contributed by atoms with E-state index in [1.807, 2.05) is 31.5 Å². The van der Waals surface area contributed by atoms with Crippen molar-refractivity contribution in [3.8, 4) is 0 Å². The second-order valence-corrected chi connectivity index (χ2v) is 11.1. The third-order valence-corrected chi connectivity index (χ3v) is 8.22. The van der Waals surface area contributed by atoms with Gasteiger partial charge in [0.25, 0.3) is 0 Å². The van der Waals surface area contributed by atoms with E-state index in [0.717, 1.165) is 21.1 Å². The molecular weight excluding hydrogens is 378 g/mol. The summed E-state index contributed by atoms with van der Waals surface area (Å²) in [4.78, 5) is 14.6. The minimum atomic E-state index is -2.88. The van der Waals surface area contributed by atoms with Gasteiger partial charge in [-0.15, -0.1) is 21.5 Å². The first-order chi connectivity index (χ1) is 11.7. The van der Waals surface area contributed by atoms with Crippen LogP contribution in [0.25, 0.3) is 0 Å². The largest absolute Gasteiger partial charge is 0.309 e. The minimum Gasteiger partial charge on any atom is -0.309 e. The lowest BCUT2D eigenvalue weighted by Gasteiger charge is -2.07. The summed E-state index contributed by atoms with van der Waals surface area (Å²) in [6.07, 6.45) is 1.30. The van der Waals surface area contributed by atoms with Gasteiger partial charge >= 0.3 is 0 Å². The number of thioether (sulfide) groups is 1. The van der Waals surface area contributed by atoms with Crippen LogP contribution in [0.3, 0.4) is 0 Å². The van der Waals surface area contributed by atoms with Gasteiger partial charge in [-0.1, -0.05) is 11.8 Å². The molecule has 9 heteroatoms. The van der Waals surface area contributed by atoms with E-state index in [2.05, 4.69) is 10.2 Å². The number of hydrogen-bond donors (Lipinski definition) is 0. The summed E-state index contributed by atoms with van der Waals surface area (Å²) in [5.74, 6) is 1.81. The Morgan fingerprint density at radius 3 is 2.76 bits per heavy atom. The third kappa shape index (κ3) is 4.32. The van der Waals surface area contributed by atoms with Gasteiger partial charge in [0, 0.05) is 28.8 Å². The van der Waals surface area contributed by atoms with Gasteiger partial charge in [-0.2, -0.15) is 0 Å². The Hall–Kier alpha value is -1.19. The van der Waals surface area contributed by atoms with Gasteiger partial charge in [0.2, 0.25) is 0 Å². The van der Waals surface area contributed by atoms with E-state index in [1.54, 1.807) is 11.3 Å². The average molecular weight is 400 g/mol. The van der Waals surface area contributed by atoms with Gasteiger partial charge in [-0.3, -0.25) is 4.79 Å². The van der Waals surface area contributed by atoms with Crippen LogP contribution in [-0.2, 0) is 23.3 Å². The van der Waals surface area contributed by atoms with Gasteiger partial charge in [-0.25, -0.2) is 8.42 Å². The molecule has 2 aromatic rings. The number of thiophene rings is 1. The monoisotopic (exact) mass is 399 g/mol. The van der Waals surface area contributed by atoms with E-state index in [0.29, 0.717) is 23.8 Å². The van der Waals surface area contributed by atoms with Crippen molar-refractivity contribution in [1.29, 1.82) is 0 Å². The van der Waals surface area contributed by atoms with Crippen LogP contribution in [0, 0.1) is 19.8 Å². The molecule has 2 aromatic heterocycles. The number of carbonyl (C=O) groups excluding carboxylic acids is 1. The Morgan fingerprint density at radius 2 is 2.16 bits per heavy atom. The van der Waals surface area contributed by atoms with Crippen molar-refractivity contribution in [1.82, 2.24) is 14.8 Å². The fourth-order valence-electron chi connectivity index (χ4n) is 3.06. The highest BCUT2D eigenvalue weighted by atomic mass is 32.2. The predicted octanol–water partition coefficient (Wildman–Crippen LogP) is 2.45. The highest BCUT2D eigenvalue weighted by Gasteiger charge is 2.29. The molecule has 1 saturated heterocycles. The summed E-state index contributed by atoms with van der Waals surface area (Å²) < 4.78 is 25.0. The summed E-state index contributed by atoms with van der Waals surface area (Å²) >= 11 is 3.00. The van der Waals surface area contributed by atoms with Gasteiger partial charge < -0.3 is 4.57 Å². The van der Waals surface area contributed by atoms with Crippen LogP contribution in [-0.4, -0.2) is 46.2 Å². The summed E-state index contributed by atoms with van der Waals surface area (Å²) in [6.45, 7) is 3.96. The average Bonchev–Trinajstić information content (AvgIpc) is 3.16. The number of aromatic nitrogens is 3. The van der Waals surface area contributed by atoms with E-state index < -0.39 is 9.84 Å². The molecule has 0 radical (unpaired) electrons. The highest BCUT2D eigenvalue weighted by molar-refractivity contribution is 7.99. The maximum atomic E-state index is 12.4. The number of ketones is 1. The Balaban J connectivity index is 1.62. The van der Waals surface area contributed by atoms with Crippen LogP contribution < -0.4 is 0 Å². The topological polar surface area (TPSA) is 81.9 Å². The van der Waals surface area contributed by atoms with Gasteiger partial charge in [0.15, 0.2) is 20.8 Å². The second-order valence-electron chi connectivity index (χ2n) is 6.47. The molecule has 0 spiro atoms. The zero-order valence-corrected chi connectivity index (χ0v) is 16.9. The van der Waals surface area contributed by atoms with Crippen molar-refractivity contribution < 1.29 is 13.2 Å². The Morgan fingerprint density at radius 1 is 1.40 bits per heavy atom. The smallest absolute Gasteiger partial charge is 0.191 e. The summed E-state index contributed by atoms with van der Waals surface area (Å²) in [6, 6.07) is 1.94. The van der Waals surface area contributed by atoms with Gasteiger partial charge in [0.1, 0.15) is 5.82 Å². The number of rotatable bonds is 6. The lowest BCUT2D eigenvalue weighted by atomic mass is 10.1. The molecule has 1 atom stereocenters. The van der Waals surface area contributed by atoms with Crippen molar-refractivity contribution in [3.63, 3.8) is 0 Å². The molecule has 6 nitrogen and oxygen atoms in total. The molecule has 1 fully saturated rings. The molecule has 0 unspecified atom stereocenters. The summed E-state index contributed by atoms with van der Waals surface area (Å²) in [5.41, 5.74) is 0.786. The first-order valence-corrected chi connectivity index (χ1v) is 11.7. The number of aryl methyl sites for hydroxylation is 2. The molecule has 0 amide bonds. The molecule has 136 valence electrons. The normalized spacial score (nSPS) is 19.4. The number of sulfone groups is 1. The Bertz CT molecular complexity index is 899. The lowest BCUT2D eigenvalue weighted by Crippen LogP contribution is -2.11. The lowest BCUT2D eigenvalue weighted by molar-refractivity contribution is 0.102. The molecule has 25 heavy (non-hydrogen) atoms. The molecule has 3 rings (SSSR count). The summed E-state index contributed by atoms with van der Waals surface area (Å²) in [5, 5.41) is 9.04. The van der Waals surface area contributed by atoms with Crippen molar-refractivity contribution in [3.05, 3.63) is 27.2 Å². The maximum Gasteiger partial charge on any atom is 0.191 e. The molecule has 0 saturated carbocycles. The SMILES string of the molecule is Cc1cc(C(=O)CSc2nnc(C[C@@H]3CCS(=O)(=O)C3)n2C)c(C)s1. The quantitative estimate of drug-likeness (QED) is 0.548. The van der Waals surface area contributed by atoms with Crippen LogP contribution in [0.5, 0.6) is 0 Å². The Kier molecular flexibility index (Phi) is 5.36. The van der Waals surface area contributed by atoms with E-state index in [9.17, 15) is 13.2 Å². The number of hydrogen-bond acceptors (Lipinski definition) is 7. The first kappa shape index (κ1) is 18.6. The highest BCUT2D eigenvalue weighted by Crippen LogP contribution is 2.26. The van der Waals surface area contributed by atoms with Gasteiger partial charge in [-0.05, 0) is 32.3 Å². The fraction of sp³-hybridized carbons (Fsp3) is 0.562. The number of nitrogens with zero attached hydrogens (tertiary/aromatic N) is 3. The molecule has 0 N–H and O–H groups in total. The summed E-state index contributed by atoms with van der Waals surface area (Å²) in [7, 11) is -1.02. The molecule has 0 aromatic carbocycles. The zero-order valence-electron chi connectivity index (χ0n) is 14.5. The maximum absolute atomic E-state index is 12.4. The van der Waals surface area contributed by atoms with Crippen molar-refractivity contribution in [2.45, 2.75) is 31.8 Å². The number of Topliss-reactive ketones (excluding diaryl/α,β-unsaturated/α-hetero) is 1. The molecular formula is C16H21N3O3S3. The minimum absolute atomic E-state index is 0.0956. The molecule has 3 heterocycles. The van der Waals surface area contributed by atoms with E-state index in [-0.39, 0.29) is 23.2 Å². The third-order valence-electron chi connectivity index (χ3n) is 4.40. The van der Waals surface area contributed by atoms with E-state index >= 15 is 0 Å². The van der Waals surface area contributed by atoms with Crippen LogP contribution in [0.4, 0.5) is 0 Å². The van der Waals surface area contributed by atoms with Gasteiger partial charge in [0.05, 0.1) is 17.3 Å². The van der Waals surface area contributed by atoms with Crippen molar-refractivity contribution in [2.75, 3.05) is 17.3 Å². The standard InChI is InChI=1S/C16H21N3O3S3/c1-10-6-13(11(2)24-10)14(20)8-23-16-18-17-15(19(16)3)7-12-4-5-25(21,22)9-12/h6,12H,4-5,7-9H2,1-3H3/t12-/m0/s1. The predicted molar refractivity (Wildman–Crippen MR) is 100 cm³/mol. The van der Waals surface area contributed by atoms with Crippen molar-refractivity contribution >= 4 is 38.7 Å². The Labute approximate surface area is 156 Å². The zero-order chi connectivity index (χ0) is 18.2.